The maximum Gasteiger partial charge on any atom is 0.533 e. The summed E-state index contributed by atoms with van der Waals surface area (Å²) in [4.78, 5) is 12.1. The van der Waals surface area contributed by atoms with Crippen molar-refractivity contribution in [3.63, 3.8) is 0 Å². The standard InChI is InChI=1S/C16H28O4SSi/c1-5-11-16(15(17)21)12-9-10-14(13-16)22(18-6-2,19-7-3)20-8-4/h9-10,12H,5-8,11,13H2,1-4H3,(H,17,21)/p-1. The molecule has 0 radical (unpaired) electrons. The lowest BCUT2D eigenvalue weighted by Gasteiger charge is -2.39. The third-order valence-corrected chi connectivity index (χ3v) is 7.26. The molecule has 126 valence electrons. The minimum absolute atomic E-state index is 0.219. The van der Waals surface area contributed by atoms with Gasteiger partial charge in [0.15, 0.2) is 0 Å². The molecule has 0 bridgehead atoms. The van der Waals surface area contributed by atoms with Gasteiger partial charge in [-0.3, -0.25) is 0 Å². The van der Waals surface area contributed by atoms with E-state index in [1.165, 1.54) is 0 Å². The Morgan fingerprint density at radius 3 is 2.14 bits per heavy atom. The highest BCUT2D eigenvalue weighted by atomic mass is 32.1. The molecule has 1 aliphatic carbocycles. The predicted octanol–water partition coefficient (Wildman–Crippen LogP) is 3.32. The summed E-state index contributed by atoms with van der Waals surface area (Å²) in [5.41, 5.74) is -0.627. The Balaban J connectivity index is 3.17. The Morgan fingerprint density at radius 1 is 1.18 bits per heavy atom. The van der Waals surface area contributed by atoms with Gasteiger partial charge in [0.25, 0.3) is 0 Å². The molecule has 0 aromatic heterocycles. The number of carbonyl (C=O) groups is 1. The lowest BCUT2D eigenvalue weighted by atomic mass is 9.79. The van der Waals surface area contributed by atoms with E-state index in [0.717, 1.165) is 18.0 Å². The number of carbonyl (C=O) groups excluding carboxylic acids is 1. The van der Waals surface area contributed by atoms with E-state index in [9.17, 15) is 4.79 Å². The van der Waals surface area contributed by atoms with E-state index >= 15 is 0 Å². The molecule has 0 fully saturated rings. The zero-order valence-electron chi connectivity index (χ0n) is 14.0. The minimum Gasteiger partial charge on any atom is -0.741 e. The second kappa shape index (κ2) is 8.93. The third-order valence-electron chi connectivity index (χ3n) is 3.72. The number of rotatable bonds is 10. The van der Waals surface area contributed by atoms with Gasteiger partial charge in [-0.25, -0.2) is 0 Å². The molecule has 1 unspecified atom stereocenters. The largest absolute Gasteiger partial charge is 0.741 e. The normalized spacial score (nSPS) is 21.7. The molecule has 0 saturated carbocycles. The van der Waals surface area contributed by atoms with Crippen LogP contribution in [0.2, 0.25) is 0 Å². The van der Waals surface area contributed by atoms with Crippen LogP contribution >= 0.6 is 0 Å². The summed E-state index contributed by atoms with van der Waals surface area (Å²) < 4.78 is 17.8. The van der Waals surface area contributed by atoms with Crippen molar-refractivity contribution in [3.8, 4) is 0 Å². The highest BCUT2D eigenvalue weighted by Crippen LogP contribution is 2.40. The number of allylic oxidation sites excluding steroid dienone is 4. The van der Waals surface area contributed by atoms with Crippen LogP contribution in [0, 0.1) is 5.41 Å². The summed E-state index contributed by atoms with van der Waals surface area (Å²) in [5.74, 6) is 0. The summed E-state index contributed by atoms with van der Waals surface area (Å²) in [6.45, 7) is 9.37. The Bertz CT molecular complexity index is 419. The molecule has 0 aromatic rings. The van der Waals surface area contributed by atoms with Gasteiger partial charge in [-0.2, -0.15) is 0 Å². The molecular formula is C16H27O4SSi-. The molecule has 0 aromatic carbocycles. The summed E-state index contributed by atoms with van der Waals surface area (Å²) in [7, 11) is -2.95. The molecule has 1 rings (SSSR count). The molecule has 0 spiro atoms. The van der Waals surface area contributed by atoms with Crippen LogP contribution in [0.1, 0.15) is 47.0 Å². The minimum atomic E-state index is -2.95. The summed E-state index contributed by atoms with van der Waals surface area (Å²) in [6.07, 6.45) is 7.96. The van der Waals surface area contributed by atoms with Crippen LogP contribution < -0.4 is 0 Å². The quantitative estimate of drug-likeness (QED) is 0.450. The molecule has 4 nitrogen and oxygen atoms in total. The monoisotopic (exact) mass is 343 g/mol. The maximum absolute atomic E-state index is 12.1. The molecule has 0 saturated heterocycles. The molecule has 0 amide bonds. The summed E-state index contributed by atoms with van der Waals surface area (Å²) >= 11 is 5.02. The van der Waals surface area contributed by atoms with E-state index in [0.29, 0.717) is 26.2 Å². The van der Waals surface area contributed by atoms with E-state index in [2.05, 4.69) is 6.92 Å². The molecule has 1 atom stereocenters. The van der Waals surface area contributed by atoms with Gasteiger partial charge in [-0.15, -0.1) is 0 Å². The summed E-state index contributed by atoms with van der Waals surface area (Å²) in [6, 6.07) is 0. The molecule has 6 heteroatoms. The van der Waals surface area contributed by atoms with Gasteiger partial charge in [0.05, 0.1) is 0 Å². The number of hydrogen-bond donors (Lipinski definition) is 0. The lowest BCUT2D eigenvalue weighted by molar-refractivity contribution is -0.117. The van der Waals surface area contributed by atoms with E-state index < -0.39 is 14.2 Å². The number of hydrogen-bond acceptors (Lipinski definition) is 5. The van der Waals surface area contributed by atoms with Crippen LogP contribution in [-0.4, -0.2) is 33.7 Å². The second-order valence-electron chi connectivity index (χ2n) is 5.28. The van der Waals surface area contributed by atoms with Gasteiger partial charge in [-0.05, 0) is 33.6 Å². The SMILES string of the molecule is CCCC1(C(=O)[S-])C=CC=C([Si](OCC)(OCC)OCC)C1. The average Bonchev–Trinajstić information content (AvgIpc) is 2.48. The molecule has 22 heavy (non-hydrogen) atoms. The van der Waals surface area contributed by atoms with Gasteiger partial charge in [0, 0.05) is 35.5 Å². The average molecular weight is 344 g/mol. The third kappa shape index (κ3) is 4.26. The Morgan fingerprint density at radius 2 is 1.73 bits per heavy atom. The molecule has 1 aliphatic rings. The fourth-order valence-corrected chi connectivity index (χ4v) is 5.87. The van der Waals surface area contributed by atoms with Crippen molar-refractivity contribution in [2.75, 3.05) is 19.8 Å². The van der Waals surface area contributed by atoms with Crippen LogP contribution in [0.4, 0.5) is 0 Å². The summed E-state index contributed by atoms with van der Waals surface area (Å²) in [5, 5.41) is 0.732. The second-order valence-corrected chi connectivity index (χ2v) is 8.27. The van der Waals surface area contributed by atoms with Crippen LogP contribution in [-0.2, 0) is 30.7 Å². The Labute approximate surface area is 140 Å². The fourth-order valence-electron chi connectivity index (χ4n) is 2.85. The zero-order valence-corrected chi connectivity index (χ0v) is 15.8. The van der Waals surface area contributed by atoms with Crippen LogP contribution in [0.5, 0.6) is 0 Å². The predicted molar refractivity (Wildman–Crippen MR) is 92.2 cm³/mol. The van der Waals surface area contributed by atoms with E-state index in [1.807, 2.05) is 39.0 Å². The van der Waals surface area contributed by atoms with Gasteiger partial charge in [-0.1, -0.05) is 31.6 Å². The van der Waals surface area contributed by atoms with Crippen molar-refractivity contribution in [2.45, 2.75) is 47.0 Å². The molecular weight excluding hydrogens is 316 g/mol. The van der Waals surface area contributed by atoms with E-state index in [-0.39, 0.29) is 5.12 Å². The van der Waals surface area contributed by atoms with Crippen LogP contribution in [0.25, 0.3) is 0 Å². The van der Waals surface area contributed by atoms with Crippen molar-refractivity contribution in [1.29, 1.82) is 0 Å². The van der Waals surface area contributed by atoms with Crippen molar-refractivity contribution >= 4 is 26.5 Å². The highest BCUT2D eigenvalue weighted by molar-refractivity contribution is 7.77. The first-order valence-electron chi connectivity index (χ1n) is 8.02. The van der Waals surface area contributed by atoms with E-state index in [4.69, 9.17) is 25.9 Å². The molecule has 0 heterocycles. The smallest absolute Gasteiger partial charge is 0.533 e. The topological polar surface area (TPSA) is 44.8 Å². The van der Waals surface area contributed by atoms with E-state index in [1.54, 1.807) is 0 Å². The highest BCUT2D eigenvalue weighted by Gasteiger charge is 2.48. The van der Waals surface area contributed by atoms with Crippen LogP contribution in [0.15, 0.2) is 23.4 Å². The molecule has 0 N–H and O–H groups in total. The van der Waals surface area contributed by atoms with Gasteiger partial charge < -0.3 is 30.7 Å². The van der Waals surface area contributed by atoms with Crippen molar-refractivity contribution in [3.05, 3.63) is 23.4 Å². The lowest BCUT2D eigenvalue weighted by Crippen LogP contribution is -2.50. The van der Waals surface area contributed by atoms with Crippen molar-refractivity contribution in [2.24, 2.45) is 5.41 Å². The first kappa shape index (κ1) is 19.5. The fraction of sp³-hybridized carbons (Fsp3) is 0.688. The van der Waals surface area contributed by atoms with Crippen molar-refractivity contribution in [1.82, 2.24) is 0 Å². The Hall–Kier alpha value is -0.533. The van der Waals surface area contributed by atoms with Gasteiger partial charge in [0.2, 0.25) is 0 Å². The van der Waals surface area contributed by atoms with Gasteiger partial charge in [0.1, 0.15) is 0 Å². The Kier molecular flexibility index (Phi) is 7.92. The van der Waals surface area contributed by atoms with Crippen molar-refractivity contribution < 1.29 is 18.1 Å². The zero-order chi connectivity index (χ0) is 16.6. The first-order valence-corrected chi connectivity index (χ1v) is 10.2. The first-order chi connectivity index (χ1) is 10.5. The maximum atomic E-state index is 12.1. The van der Waals surface area contributed by atoms with Crippen LogP contribution in [0.3, 0.4) is 0 Å². The van der Waals surface area contributed by atoms with Gasteiger partial charge >= 0.3 is 8.80 Å². The molecule has 0 aliphatic heterocycles.